The zero-order chi connectivity index (χ0) is 15.0. The van der Waals surface area contributed by atoms with E-state index in [-0.39, 0.29) is 11.5 Å². The van der Waals surface area contributed by atoms with E-state index in [0.717, 1.165) is 37.6 Å². The maximum absolute atomic E-state index is 12.7. The van der Waals surface area contributed by atoms with Crippen molar-refractivity contribution >= 4 is 0 Å². The van der Waals surface area contributed by atoms with Gasteiger partial charge < -0.3 is 0 Å². The topological polar surface area (TPSA) is 3.24 Å². The molecule has 1 aromatic carbocycles. The van der Waals surface area contributed by atoms with Crippen LogP contribution in [-0.2, 0) is 6.18 Å². The Morgan fingerprint density at radius 2 is 1.65 bits per heavy atom. The Balaban J connectivity index is 2.08. The van der Waals surface area contributed by atoms with Crippen LogP contribution in [0.4, 0.5) is 13.2 Å². The van der Waals surface area contributed by atoms with Gasteiger partial charge in [-0.05, 0) is 64.3 Å². The highest BCUT2D eigenvalue weighted by Crippen LogP contribution is 2.35. The van der Waals surface area contributed by atoms with E-state index < -0.39 is 11.7 Å². The molecule has 0 aromatic heterocycles. The molecule has 1 aromatic rings. The first-order valence-electron chi connectivity index (χ1n) is 7.10. The van der Waals surface area contributed by atoms with Crippen LogP contribution in [0, 0.1) is 0 Å². The summed E-state index contributed by atoms with van der Waals surface area (Å²) in [6.07, 6.45) is -2.39. The summed E-state index contributed by atoms with van der Waals surface area (Å²) in [6.45, 7) is 8.43. The van der Waals surface area contributed by atoms with Gasteiger partial charge in [0.2, 0.25) is 0 Å². The van der Waals surface area contributed by atoms with Gasteiger partial charge in [-0.2, -0.15) is 13.2 Å². The maximum Gasteiger partial charge on any atom is 0.416 e. The third-order valence-corrected chi connectivity index (χ3v) is 4.13. The number of piperidine rings is 1. The van der Waals surface area contributed by atoms with E-state index in [1.54, 1.807) is 0 Å². The summed E-state index contributed by atoms with van der Waals surface area (Å²) in [5.41, 5.74) is 0.431. The van der Waals surface area contributed by atoms with Crippen LogP contribution in [0.1, 0.15) is 50.7 Å². The summed E-state index contributed by atoms with van der Waals surface area (Å²) in [5, 5.41) is 0. The lowest BCUT2D eigenvalue weighted by Gasteiger charge is -2.41. The van der Waals surface area contributed by atoms with Gasteiger partial charge in [-0.15, -0.1) is 0 Å². The molecule has 0 radical (unpaired) electrons. The Hall–Kier alpha value is -1.03. The zero-order valence-corrected chi connectivity index (χ0v) is 12.3. The molecule has 112 valence electrons. The number of rotatable bonds is 1. The van der Waals surface area contributed by atoms with E-state index in [9.17, 15) is 13.2 Å². The number of alkyl halides is 3. The molecule has 0 bridgehead atoms. The van der Waals surface area contributed by atoms with E-state index in [2.05, 4.69) is 25.7 Å². The predicted molar refractivity (Wildman–Crippen MR) is 74.7 cm³/mol. The first-order chi connectivity index (χ1) is 9.18. The molecule has 1 aliphatic heterocycles. The summed E-state index contributed by atoms with van der Waals surface area (Å²) in [7, 11) is 0. The molecule has 1 nitrogen and oxygen atoms in total. The second-order valence-corrected chi connectivity index (χ2v) is 6.56. The molecule has 1 saturated heterocycles. The van der Waals surface area contributed by atoms with Crippen molar-refractivity contribution < 1.29 is 13.2 Å². The third kappa shape index (κ3) is 3.54. The van der Waals surface area contributed by atoms with Crippen molar-refractivity contribution in [3.63, 3.8) is 0 Å². The summed E-state index contributed by atoms with van der Waals surface area (Å²) < 4.78 is 38.2. The largest absolute Gasteiger partial charge is 0.416 e. The minimum atomic E-state index is -4.25. The number of halogens is 3. The van der Waals surface area contributed by atoms with Gasteiger partial charge in [0.25, 0.3) is 0 Å². The van der Waals surface area contributed by atoms with Crippen LogP contribution in [-0.4, -0.2) is 23.5 Å². The highest BCUT2D eigenvalue weighted by Gasteiger charge is 2.32. The van der Waals surface area contributed by atoms with Crippen LogP contribution in [0.3, 0.4) is 0 Å². The molecule has 0 saturated carbocycles. The first kappa shape index (κ1) is 15.4. The highest BCUT2D eigenvalue weighted by molar-refractivity contribution is 5.28. The molecule has 0 atom stereocenters. The number of nitrogens with zero attached hydrogens (tertiary/aromatic N) is 1. The minimum Gasteiger partial charge on any atom is -0.298 e. The summed E-state index contributed by atoms with van der Waals surface area (Å²) in [5.74, 6) is 0.246. The van der Waals surface area contributed by atoms with Crippen molar-refractivity contribution in [2.45, 2.75) is 51.2 Å². The molecule has 20 heavy (non-hydrogen) atoms. The molecule has 1 heterocycles. The Morgan fingerprint density at radius 1 is 1.05 bits per heavy atom. The van der Waals surface area contributed by atoms with Gasteiger partial charge in [0.15, 0.2) is 0 Å². The standard InChI is InChI=1S/C16H22F3N/c1-15(2,3)20-9-7-12(8-10-20)13-5-4-6-14(11-13)16(17,18)19/h4-6,11-12H,7-10H2,1-3H3. The predicted octanol–water partition coefficient (Wildman–Crippen LogP) is 4.68. The van der Waals surface area contributed by atoms with E-state index in [4.69, 9.17) is 0 Å². The van der Waals surface area contributed by atoms with Gasteiger partial charge in [0.05, 0.1) is 5.56 Å². The molecule has 0 amide bonds. The monoisotopic (exact) mass is 285 g/mol. The molecule has 1 aliphatic rings. The molecular weight excluding hydrogens is 263 g/mol. The second-order valence-electron chi connectivity index (χ2n) is 6.56. The van der Waals surface area contributed by atoms with Gasteiger partial charge >= 0.3 is 6.18 Å². The number of likely N-dealkylation sites (tertiary alicyclic amines) is 1. The average molecular weight is 285 g/mol. The van der Waals surface area contributed by atoms with E-state index in [1.807, 2.05) is 6.07 Å². The lowest BCUT2D eigenvalue weighted by Crippen LogP contribution is -2.45. The number of hydrogen-bond acceptors (Lipinski definition) is 1. The van der Waals surface area contributed by atoms with Gasteiger partial charge in [-0.3, -0.25) is 4.90 Å². The van der Waals surface area contributed by atoms with Gasteiger partial charge in [-0.1, -0.05) is 18.2 Å². The van der Waals surface area contributed by atoms with Crippen LogP contribution in [0.2, 0.25) is 0 Å². The van der Waals surface area contributed by atoms with Crippen molar-refractivity contribution in [2.24, 2.45) is 0 Å². The van der Waals surface area contributed by atoms with Crippen molar-refractivity contribution in [1.29, 1.82) is 0 Å². The van der Waals surface area contributed by atoms with Crippen LogP contribution >= 0.6 is 0 Å². The zero-order valence-electron chi connectivity index (χ0n) is 12.3. The second kappa shape index (κ2) is 5.40. The molecular formula is C16H22F3N. The summed E-state index contributed by atoms with van der Waals surface area (Å²) >= 11 is 0. The molecule has 0 aliphatic carbocycles. The van der Waals surface area contributed by atoms with Crippen molar-refractivity contribution in [2.75, 3.05) is 13.1 Å². The Kier molecular flexibility index (Phi) is 4.14. The molecule has 1 fully saturated rings. The van der Waals surface area contributed by atoms with Crippen molar-refractivity contribution in [3.05, 3.63) is 35.4 Å². The molecule has 0 spiro atoms. The fourth-order valence-electron chi connectivity index (χ4n) is 2.85. The molecule has 2 rings (SSSR count). The third-order valence-electron chi connectivity index (χ3n) is 4.13. The van der Waals surface area contributed by atoms with E-state index in [1.165, 1.54) is 12.1 Å². The minimum absolute atomic E-state index is 0.138. The first-order valence-corrected chi connectivity index (χ1v) is 7.10. The Labute approximate surface area is 118 Å². The van der Waals surface area contributed by atoms with Crippen molar-refractivity contribution in [3.8, 4) is 0 Å². The maximum atomic E-state index is 12.7. The lowest BCUT2D eigenvalue weighted by molar-refractivity contribution is -0.137. The normalized spacial score (nSPS) is 19.3. The van der Waals surface area contributed by atoms with Crippen LogP contribution in [0.15, 0.2) is 24.3 Å². The SMILES string of the molecule is CC(C)(C)N1CCC(c2cccc(C(F)(F)F)c2)CC1. The molecule has 0 N–H and O–H groups in total. The van der Waals surface area contributed by atoms with Crippen LogP contribution in [0.25, 0.3) is 0 Å². The van der Waals surface area contributed by atoms with Gasteiger partial charge in [0, 0.05) is 5.54 Å². The summed E-state index contributed by atoms with van der Waals surface area (Å²) in [6, 6.07) is 5.81. The smallest absolute Gasteiger partial charge is 0.298 e. The van der Waals surface area contributed by atoms with Crippen LogP contribution in [0.5, 0.6) is 0 Å². The molecule has 0 unspecified atom stereocenters. The van der Waals surface area contributed by atoms with E-state index >= 15 is 0 Å². The Bertz CT molecular complexity index is 452. The lowest BCUT2D eigenvalue weighted by atomic mass is 9.87. The number of hydrogen-bond donors (Lipinski definition) is 0. The van der Waals surface area contributed by atoms with Gasteiger partial charge in [-0.25, -0.2) is 0 Å². The number of benzene rings is 1. The average Bonchev–Trinajstić information content (AvgIpc) is 2.37. The fourth-order valence-corrected chi connectivity index (χ4v) is 2.85. The Morgan fingerprint density at radius 3 is 2.15 bits per heavy atom. The van der Waals surface area contributed by atoms with Crippen LogP contribution < -0.4 is 0 Å². The molecule has 4 heteroatoms. The van der Waals surface area contributed by atoms with E-state index in [0.29, 0.717) is 0 Å². The van der Waals surface area contributed by atoms with Gasteiger partial charge in [0.1, 0.15) is 0 Å². The quantitative estimate of drug-likeness (QED) is 0.724. The highest BCUT2D eigenvalue weighted by atomic mass is 19.4. The fraction of sp³-hybridized carbons (Fsp3) is 0.625. The van der Waals surface area contributed by atoms with Crippen molar-refractivity contribution in [1.82, 2.24) is 4.90 Å². The summed E-state index contributed by atoms with van der Waals surface area (Å²) in [4.78, 5) is 2.40.